The van der Waals surface area contributed by atoms with Gasteiger partial charge in [0.05, 0.1) is 13.5 Å². The minimum atomic E-state index is -0.670. The van der Waals surface area contributed by atoms with Crippen LogP contribution in [0.15, 0.2) is 36.4 Å². The first-order valence-corrected chi connectivity index (χ1v) is 12.5. The summed E-state index contributed by atoms with van der Waals surface area (Å²) in [6.07, 6.45) is 3.53. The van der Waals surface area contributed by atoms with Crippen LogP contribution in [0.3, 0.4) is 0 Å². The summed E-state index contributed by atoms with van der Waals surface area (Å²) in [5.74, 6) is 0.429. The maximum absolute atomic E-state index is 13.2. The first kappa shape index (κ1) is 27.0. The molecule has 0 aliphatic heterocycles. The van der Waals surface area contributed by atoms with E-state index in [0.717, 1.165) is 58.3 Å². The molecule has 0 bridgehead atoms. The smallest absolute Gasteiger partial charge is 0.246 e. The van der Waals surface area contributed by atoms with Crippen molar-refractivity contribution in [2.75, 3.05) is 12.4 Å². The number of aromatic amines is 1. The number of fused-ring (bicyclic) bond motifs is 1. The van der Waals surface area contributed by atoms with Crippen LogP contribution in [0.1, 0.15) is 61.4 Å². The number of amides is 2. The van der Waals surface area contributed by atoms with E-state index in [-0.39, 0.29) is 24.0 Å². The molecule has 36 heavy (non-hydrogen) atoms. The highest BCUT2D eigenvalue weighted by Gasteiger charge is 2.22. The van der Waals surface area contributed by atoms with Gasteiger partial charge in [-0.25, -0.2) is 0 Å². The molecule has 7 heteroatoms. The lowest BCUT2D eigenvalue weighted by atomic mass is 10.0. The van der Waals surface area contributed by atoms with Gasteiger partial charge >= 0.3 is 0 Å². The van der Waals surface area contributed by atoms with Crippen LogP contribution in [0.5, 0.6) is 5.75 Å². The summed E-state index contributed by atoms with van der Waals surface area (Å²) in [4.78, 5) is 40.9. The molecule has 1 unspecified atom stereocenters. The predicted octanol–water partition coefficient (Wildman–Crippen LogP) is 5.31. The highest BCUT2D eigenvalue weighted by molar-refractivity contribution is 5.98. The average molecular weight is 492 g/mol. The normalized spacial score (nSPS) is 11.8. The van der Waals surface area contributed by atoms with Crippen LogP contribution in [-0.4, -0.2) is 35.7 Å². The van der Waals surface area contributed by atoms with Crippen molar-refractivity contribution < 1.29 is 19.1 Å². The molecular formula is C29H37N3O4. The lowest BCUT2D eigenvalue weighted by Crippen LogP contribution is -2.44. The van der Waals surface area contributed by atoms with E-state index >= 15 is 0 Å². The Morgan fingerprint density at radius 1 is 0.972 bits per heavy atom. The van der Waals surface area contributed by atoms with E-state index in [1.54, 1.807) is 14.0 Å². The molecule has 0 fully saturated rings. The van der Waals surface area contributed by atoms with Crippen LogP contribution < -0.4 is 15.4 Å². The Morgan fingerprint density at radius 3 is 2.44 bits per heavy atom. The number of H-pyrrole nitrogens is 1. The SMILES string of the molecule is COc1ccc2[nH]c(C)c(CC(=O)NC(CCCCCC(C)=O)C(=O)Nc3ccc(C)c(C)c3)c2c1. The van der Waals surface area contributed by atoms with E-state index in [0.29, 0.717) is 18.5 Å². The van der Waals surface area contributed by atoms with Gasteiger partial charge in [-0.3, -0.25) is 9.59 Å². The second-order valence-electron chi connectivity index (χ2n) is 9.53. The molecule has 192 valence electrons. The molecule has 1 heterocycles. The van der Waals surface area contributed by atoms with Crippen LogP contribution in [-0.2, 0) is 20.8 Å². The molecule has 7 nitrogen and oxygen atoms in total. The number of aromatic nitrogens is 1. The molecule has 1 aromatic heterocycles. The van der Waals surface area contributed by atoms with Gasteiger partial charge in [-0.2, -0.15) is 0 Å². The molecule has 3 N–H and O–H groups in total. The number of benzene rings is 2. The number of aryl methyl sites for hydroxylation is 3. The van der Waals surface area contributed by atoms with Crippen molar-refractivity contribution in [1.29, 1.82) is 0 Å². The fraction of sp³-hybridized carbons (Fsp3) is 0.414. The topological polar surface area (TPSA) is 100 Å². The molecule has 0 aliphatic carbocycles. The summed E-state index contributed by atoms with van der Waals surface area (Å²) in [5.41, 5.74) is 5.67. The molecule has 3 aromatic rings. The number of methoxy groups -OCH3 is 1. The van der Waals surface area contributed by atoms with E-state index in [1.807, 2.05) is 57.2 Å². The zero-order chi connectivity index (χ0) is 26.2. The van der Waals surface area contributed by atoms with Gasteiger partial charge in [0.15, 0.2) is 0 Å². The van der Waals surface area contributed by atoms with Gasteiger partial charge in [-0.05, 0) is 87.6 Å². The third kappa shape index (κ3) is 7.20. The highest BCUT2D eigenvalue weighted by atomic mass is 16.5. The van der Waals surface area contributed by atoms with Crippen LogP contribution >= 0.6 is 0 Å². The number of rotatable bonds is 12. The zero-order valence-electron chi connectivity index (χ0n) is 21.9. The fourth-order valence-electron chi connectivity index (χ4n) is 4.34. The molecule has 2 amide bonds. The van der Waals surface area contributed by atoms with Crippen molar-refractivity contribution in [3.63, 3.8) is 0 Å². The number of carbonyl (C=O) groups excluding carboxylic acids is 3. The average Bonchev–Trinajstić information content (AvgIpc) is 3.14. The van der Waals surface area contributed by atoms with Gasteiger partial charge in [0.1, 0.15) is 17.6 Å². The summed E-state index contributed by atoms with van der Waals surface area (Å²) in [7, 11) is 1.61. The van der Waals surface area contributed by atoms with E-state index in [1.165, 1.54) is 0 Å². The zero-order valence-corrected chi connectivity index (χ0v) is 21.9. The lowest BCUT2D eigenvalue weighted by molar-refractivity contribution is -0.126. The molecule has 0 saturated carbocycles. The van der Waals surface area contributed by atoms with Crippen LogP contribution in [0.4, 0.5) is 5.69 Å². The van der Waals surface area contributed by atoms with Gasteiger partial charge < -0.3 is 25.1 Å². The minimum absolute atomic E-state index is 0.150. The standard InChI is InChI=1S/C29H37N3O4/c1-18-11-12-22(15-19(18)2)31-29(35)27(10-8-6-7-9-20(3)33)32-28(34)17-24-21(4)30-26-14-13-23(36-5)16-25(24)26/h11-16,27,30H,6-10,17H2,1-5H3,(H,31,35)(H,32,34). The van der Waals surface area contributed by atoms with Gasteiger partial charge in [-0.15, -0.1) is 0 Å². The van der Waals surface area contributed by atoms with Gasteiger partial charge in [0, 0.05) is 28.7 Å². The maximum atomic E-state index is 13.2. The maximum Gasteiger partial charge on any atom is 0.246 e. The molecule has 0 aliphatic rings. The van der Waals surface area contributed by atoms with E-state index in [9.17, 15) is 14.4 Å². The Morgan fingerprint density at radius 2 is 1.75 bits per heavy atom. The van der Waals surface area contributed by atoms with Crippen LogP contribution in [0.25, 0.3) is 10.9 Å². The first-order valence-electron chi connectivity index (χ1n) is 12.5. The lowest BCUT2D eigenvalue weighted by Gasteiger charge is -2.19. The van der Waals surface area contributed by atoms with E-state index in [4.69, 9.17) is 4.74 Å². The molecule has 2 aromatic carbocycles. The summed E-state index contributed by atoms with van der Waals surface area (Å²) in [6.45, 7) is 7.54. The third-order valence-corrected chi connectivity index (χ3v) is 6.61. The summed E-state index contributed by atoms with van der Waals surface area (Å²) < 4.78 is 5.35. The van der Waals surface area contributed by atoms with Crippen LogP contribution in [0.2, 0.25) is 0 Å². The number of ketones is 1. The van der Waals surface area contributed by atoms with Gasteiger partial charge in [0.25, 0.3) is 0 Å². The van der Waals surface area contributed by atoms with Crippen molar-refractivity contribution in [2.24, 2.45) is 0 Å². The van der Waals surface area contributed by atoms with Crippen molar-refractivity contribution in [1.82, 2.24) is 10.3 Å². The Balaban J connectivity index is 1.72. The molecule has 1 atom stereocenters. The number of unbranched alkanes of at least 4 members (excludes halogenated alkanes) is 2. The second kappa shape index (κ2) is 12.4. The monoisotopic (exact) mass is 491 g/mol. The van der Waals surface area contributed by atoms with Gasteiger partial charge in [-0.1, -0.05) is 18.9 Å². The Labute approximate surface area is 213 Å². The Hall–Kier alpha value is -3.61. The Bertz CT molecular complexity index is 1240. The second-order valence-corrected chi connectivity index (χ2v) is 9.53. The van der Waals surface area contributed by atoms with E-state index < -0.39 is 6.04 Å². The predicted molar refractivity (Wildman–Crippen MR) is 144 cm³/mol. The summed E-state index contributed by atoms with van der Waals surface area (Å²) in [5, 5.41) is 6.85. The first-order chi connectivity index (χ1) is 17.2. The quantitative estimate of drug-likeness (QED) is 0.299. The largest absolute Gasteiger partial charge is 0.497 e. The third-order valence-electron chi connectivity index (χ3n) is 6.61. The number of nitrogens with one attached hydrogen (secondary N) is 3. The number of ether oxygens (including phenoxy) is 1. The molecule has 0 radical (unpaired) electrons. The van der Waals surface area contributed by atoms with Crippen molar-refractivity contribution in [2.45, 2.75) is 72.3 Å². The minimum Gasteiger partial charge on any atom is -0.497 e. The number of hydrogen-bond acceptors (Lipinski definition) is 4. The highest BCUT2D eigenvalue weighted by Crippen LogP contribution is 2.27. The summed E-state index contributed by atoms with van der Waals surface area (Å²) >= 11 is 0. The Kier molecular flexibility index (Phi) is 9.28. The fourth-order valence-corrected chi connectivity index (χ4v) is 4.34. The van der Waals surface area contributed by atoms with E-state index in [2.05, 4.69) is 15.6 Å². The summed E-state index contributed by atoms with van der Waals surface area (Å²) in [6, 6.07) is 10.8. The molecule has 0 saturated heterocycles. The van der Waals surface area contributed by atoms with Crippen molar-refractivity contribution >= 4 is 34.2 Å². The van der Waals surface area contributed by atoms with Crippen LogP contribution in [0, 0.1) is 20.8 Å². The molecular weight excluding hydrogens is 454 g/mol. The van der Waals surface area contributed by atoms with Crippen molar-refractivity contribution in [3.8, 4) is 5.75 Å². The molecule has 0 spiro atoms. The molecule has 3 rings (SSSR count). The number of carbonyl (C=O) groups is 3. The van der Waals surface area contributed by atoms with Gasteiger partial charge in [0.2, 0.25) is 11.8 Å². The number of Topliss-reactive ketones (excluding diaryl/α,β-unsaturated/α-hetero) is 1. The number of anilines is 1. The number of hydrogen-bond donors (Lipinski definition) is 3. The van der Waals surface area contributed by atoms with Crippen molar-refractivity contribution in [3.05, 3.63) is 58.8 Å².